The van der Waals surface area contributed by atoms with Gasteiger partial charge in [-0.15, -0.1) is 9.24 Å². The number of hydrogen-bond acceptors (Lipinski definition) is 0. The number of hydrogen-bond donors (Lipinski definition) is 0. The van der Waals surface area contributed by atoms with Crippen molar-refractivity contribution < 1.29 is 21.1 Å². The molecule has 0 fully saturated rings. The van der Waals surface area contributed by atoms with Crippen LogP contribution in [0.5, 0.6) is 0 Å². The minimum Gasteiger partial charge on any atom is -0.132 e. The van der Waals surface area contributed by atoms with Crippen molar-refractivity contribution in [1.82, 2.24) is 0 Å². The summed E-state index contributed by atoms with van der Waals surface area (Å²) in [5.41, 5.74) is 0. The van der Waals surface area contributed by atoms with Gasteiger partial charge in [-0.1, -0.05) is 20.8 Å². The van der Waals surface area contributed by atoms with Crippen LogP contribution in [0.25, 0.3) is 0 Å². The molecule has 0 aromatic heterocycles. The fourth-order valence-corrected chi connectivity index (χ4v) is 0. The minimum atomic E-state index is 0. The van der Waals surface area contributed by atoms with Crippen LogP contribution in [0.2, 0.25) is 0 Å². The Balaban J connectivity index is 0. The molecule has 0 bridgehead atoms. The summed E-state index contributed by atoms with van der Waals surface area (Å²) in [6, 6.07) is 0. The molecule has 0 N–H and O–H groups in total. The van der Waals surface area contributed by atoms with E-state index in [1.54, 1.807) is 0 Å². The Kier molecular flexibility index (Phi) is 5.36. The first-order valence-electron chi connectivity index (χ1n) is 1.79. The molecular weight excluding hydrogens is 274 g/mol. The minimum absolute atomic E-state index is 0. The molecule has 1 unspecified atom stereocenters. The molecule has 0 aromatic carbocycles. The quantitative estimate of drug-likeness (QED) is 0.594. The second-order valence-corrected chi connectivity index (χ2v) is 4.10. The van der Waals surface area contributed by atoms with E-state index < -0.39 is 0 Å². The van der Waals surface area contributed by atoms with Crippen LogP contribution in [-0.4, -0.2) is 5.16 Å². The maximum absolute atomic E-state index is 2.72. The van der Waals surface area contributed by atoms with E-state index in [0.717, 1.165) is 0 Å². The topological polar surface area (TPSA) is 0 Å². The molecule has 0 amide bonds. The van der Waals surface area contributed by atoms with E-state index in [1.165, 1.54) is 0 Å². The van der Waals surface area contributed by atoms with Gasteiger partial charge in [-0.05, 0) is 5.16 Å². The van der Waals surface area contributed by atoms with E-state index in [2.05, 4.69) is 30.0 Å². The molecule has 0 heterocycles. The van der Waals surface area contributed by atoms with E-state index in [-0.39, 0.29) is 21.1 Å². The first-order valence-corrected chi connectivity index (χ1v) is 2.37. The summed E-state index contributed by atoms with van der Waals surface area (Å²) in [7, 11) is 2.72. The fourth-order valence-electron chi connectivity index (χ4n) is 0. The fraction of sp³-hybridized carbons (Fsp3) is 1.00. The van der Waals surface area contributed by atoms with E-state index in [4.69, 9.17) is 0 Å². The van der Waals surface area contributed by atoms with E-state index in [0.29, 0.717) is 5.16 Å². The van der Waals surface area contributed by atoms with Crippen LogP contribution >= 0.6 is 9.24 Å². The molecule has 0 nitrogen and oxygen atoms in total. The van der Waals surface area contributed by atoms with Crippen molar-refractivity contribution >= 4 is 9.24 Å². The van der Waals surface area contributed by atoms with E-state index >= 15 is 0 Å². The zero-order chi connectivity index (χ0) is 4.50. The maximum atomic E-state index is 2.72. The van der Waals surface area contributed by atoms with Gasteiger partial charge in [0.15, 0.2) is 0 Å². The Morgan fingerprint density at radius 3 is 1.17 bits per heavy atom. The molecule has 6 heavy (non-hydrogen) atoms. The predicted molar refractivity (Wildman–Crippen MR) is 29.5 cm³/mol. The molecule has 1 atom stereocenters. The van der Waals surface area contributed by atoms with Gasteiger partial charge >= 0.3 is 0 Å². The average molecular weight is 285 g/mol. The van der Waals surface area contributed by atoms with Gasteiger partial charge < -0.3 is 0 Å². The Bertz CT molecular complexity index is 23.0. The standard InChI is InChI=1S/C4H11P.Pt/c1-4(2,3)5;/h5H2,1-3H3;. The summed E-state index contributed by atoms with van der Waals surface area (Å²) in [6.45, 7) is 6.45. The first-order chi connectivity index (χ1) is 2.00. The van der Waals surface area contributed by atoms with Crippen LogP contribution < -0.4 is 0 Å². The molecule has 0 aliphatic heterocycles. The zero-order valence-corrected chi connectivity index (χ0v) is 7.82. The summed E-state index contributed by atoms with van der Waals surface area (Å²) in [4.78, 5) is 0. The normalized spacial score (nSPS) is 10.0. The van der Waals surface area contributed by atoms with Gasteiger partial charge in [-0.2, -0.15) is 0 Å². The van der Waals surface area contributed by atoms with Crippen molar-refractivity contribution in [2.75, 3.05) is 0 Å². The van der Waals surface area contributed by atoms with E-state index in [9.17, 15) is 0 Å². The second-order valence-electron chi connectivity index (χ2n) is 2.37. The SMILES string of the molecule is CC(C)(C)P.[Pt]. The molecular formula is C4H11PPt. The Morgan fingerprint density at radius 1 is 1.17 bits per heavy atom. The average Bonchev–Trinajstić information content (AvgIpc) is 0.722. The second kappa shape index (κ2) is 3.16. The van der Waals surface area contributed by atoms with Crippen LogP contribution in [-0.2, 0) is 21.1 Å². The molecule has 0 aliphatic rings. The molecule has 0 rings (SSSR count). The number of rotatable bonds is 0. The van der Waals surface area contributed by atoms with Gasteiger partial charge in [-0.25, -0.2) is 0 Å². The van der Waals surface area contributed by atoms with Crippen LogP contribution in [0.1, 0.15) is 20.8 Å². The maximum Gasteiger partial charge on any atom is 0 e. The van der Waals surface area contributed by atoms with Gasteiger partial charge in [0.05, 0.1) is 0 Å². The van der Waals surface area contributed by atoms with Gasteiger partial charge in [0, 0.05) is 21.1 Å². The molecule has 0 aliphatic carbocycles. The molecule has 0 spiro atoms. The van der Waals surface area contributed by atoms with Crippen molar-refractivity contribution in [2.24, 2.45) is 0 Å². The summed E-state index contributed by atoms with van der Waals surface area (Å²) >= 11 is 0. The predicted octanol–water partition coefficient (Wildman–Crippen LogP) is 1.66. The Labute approximate surface area is 56.6 Å². The third-order valence-electron chi connectivity index (χ3n) is 0. The smallest absolute Gasteiger partial charge is 0 e. The van der Waals surface area contributed by atoms with Gasteiger partial charge in [0.1, 0.15) is 0 Å². The monoisotopic (exact) mass is 285 g/mol. The summed E-state index contributed by atoms with van der Waals surface area (Å²) in [6.07, 6.45) is 0. The first kappa shape index (κ1) is 10.2. The summed E-state index contributed by atoms with van der Waals surface area (Å²) in [5, 5.41) is 0.417. The van der Waals surface area contributed by atoms with E-state index in [1.807, 2.05) is 0 Å². The van der Waals surface area contributed by atoms with Crippen molar-refractivity contribution in [3.8, 4) is 0 Å². The summed E-state index contributed by atoms with van der Waals surface area (Å²) < 4.78 is 0. The van der Waals surface area contributed by atoms with Crippen LogP contribution in [0.15, 0.2) is 0 Å². The molecule has 0 radical (unpaired) electrons. The van der Waals surface area contributed by atoms with Gasteiger partial charge in [0.2, 0.25) is 0 Å². The van der Waals surface area contributed by atoms with Crippen molar-refractivity contribution in [3.05, 3.63) is 0 Å². The molecule has 2 heteroatoms. The van der Waals surface area contributed by atoms with Gasteiger partial charge in [-0.3, -0.25) is 0 Å². The molecule has 0 saturated heterocycles. The molecule has 0 saturated carbocycles. The Morgan fingerprint density at radius 2 is 1.17 bits per heavy atom. The summed E-state index contributed by atoms with van der Waals surface area (Å²) in [5.74, 6) is 0. The van der Waals surface area contributed by atoms with Crippen LogP contribution in [0.4, 0.5) is 0 Å². The Hall–Kier alpha value is 1.12. The molecule has 0 aromatic rings. The molecule has 42 valence electrons. The van der Waals surface area contributed by atoms with Crippen molar-refractivity contribution in [3.63, 3.8) is 0 Å². The van der Waals surface area contributed by atoms with Crippen LogP contribution in [0, 0.1) is 0 Å². The van der Waals surface area contributed by atoms with Crippen molar-refractivity contribution in [2.45, 2.75) is 25.9 Å². The van der Waals surface area contributed by atoms with Gasteiger partial charge in [0.25, 0.3) is 0 Å². The zero-order valence-electron chi connectivity index (χ0n) is 4.39. The largest absolute Gasteiger partial charge is 0.132 e. The third kappa shape index (κ3) is 69.4. The third-order valence-corrected chi connectivity index (χ3v) is 0. The van der Waals surface area contributed by atoms with Crippen LogP contribution in [0.3, 0.4) is 0 Å². The van der Waals surface area contributed by atoms with Crippen molar-refractivity contribution in [1.29, 1.82) is 0 Å².